The molecule has 0 aromatic rings. The molecule has 0 radical (unpaired) electrons. The van der Waals surface area contributed by atoms with Crippen LogP contribution in [0.25, 0.3) is 0 Å². The molecule has 1 aliphatic heterocycles. The minimum absolute atomic E-state index is 0.151. The molecule has 1 rings (SSSR count). The number of nitroso groups, excluding NO2 is 1. The molecule has 1 saturated heterocycles. The van der Waals surface area contributed by atoms with Gasteiger partial charge >= 0.3 is 0 Å². The predicted molar refractivity (Wildman–Crippen MR) is 58.3 cm³/mol. The average molecular weight is 213 g/mol. The molecule has 0 spiro atoms. The molecule has 86 valence electrons. The van der Waals surface area contributed by atoms with Gasteiger partial charge < -0.3 is 10.6 Å². The van der Waals surface area contributed by atoms with E-state index in [0.717, 1.165) is 25.7 Å². The number of unbranched alkanes of at least 4 members (excludes halogenated alkanes) is 2. The summed E-state index contributed by atoms with van der Waals surface area (Å²) in [6, 6.07) is -0.182. The monoisotopic (exact) mass is 213 g/mol. The van der Waals surface area contributed by atoms with Gasteiger partial charge in [-0.1, -0.05) is 11.6 Å². The largest absolute Gasteiger partial charge is 0.340 e. The van der Waals surface area contributed by atoms with Crippen molar-refractivity contribution in [1.82, 2.24) is 4.90 Å². The van der Waals surface area contributed by atoms with Crippen molar-refractivity contribution < 1.29 is 4.79 Å². The van der Waals surface area contributed by atoms with Crippen LogP contribution in [0.5, 0.6) is 0 Å². The summed E-state index contributed by atoms with van der Waals surface area (Å²) in [6.45, 7) is 1.89. The van der Waals surface area contributed by atoms with Crippen molar-refractivity contribution in [2.24, 2.45) is 10.9 Å². The third-order valence-corrected chi connectivity index (χ3v) is 2.76. The first-order chi connectivity index (χ1) is 7.27. The maximum absolute atomic E-state index is 11.6. The van der Waals surface area contributed by atoms with Crippen LogP contribution in [0.4, 0.5) is 0 Å². The molecule has 5 nitrogen and oxygen atoms in total. The SMILES string of the molecule is NCCCCCC(=O)N1CCC(N=O)C1. The number of amides is 1. The molecule has 1 aliphatic rings. The van der Waals surface area contributed by atoms with Crippen LogP contribution in [-0.4, -0.2) is 36.5 Å². The van der Waals surface area contributed by atoms with Gasteiger partial charge in [-0.05, 0) is 25.8 Å². The zero-order valence-corrected chi connectivity index (χ0v) is 9.02. The van der Waals surface area contributed by atoms with Gasteiger partial charge in [0.05, 0.1) is 0 Å². The molecule has 1 heterocycles. The lowest BCUT2D eigenvalue weighted by Gasteiger charge is -2.14. The minimum atomic E-state index is -0.182. The molecule has 0 bridgehead atoms. The number of nitrogens with two attached hydrogens (primary N) is 1. The molecule has 0 aliphatic carbocycles. The Hall–Kier alpha value is -0.970. The van der Waals surface area contributed by atoms with Crippen molar-refractivity contribution in [3.8, 4) is 0 Å². The maximum Gasteiger partial charge on any atom is 0.222 e. The number of carbonyl (C=O) groups is 1. The molecule has 5 heteroatoms. The molecular formula is C10H19N3O2. The van der Waals surface area contributed by atoms with Crippen LogP contribution in [0, 0.1) is 4.91 Å². The normalized spacial score (nSPS) is 20.6. The zero-order valence-electron chi connectivity index (χ0n) is 9.02. The summed E-state index contributed by atoms with van der Waals surface area (Å²) in [4.78, 5) is 23.6. The first-order valence-electron chi connectivity index (χ1n) is 5.58. The van der Waals surface area contributed by atoms with E-state index >= 15 is 0 Å². The van der Waals surface area contributed by atoms with Crippen molar-refractivity contribution in [1.29, 1.82) is 0 Å². The average Bonchev–Trinajstić information content (AvgIpc) is 2.72. The fourth-order valence-corrected chi connectivity index (χ4v) is 1.81. The summed E-state index contributed by atoms with van der Waals surface area (Å²) in [5, 5.41) is 2.97. The van der Waals surface area contributed by atoms with E-state index in [2.05, 4.69) is 5.18 Å². The van der Waals surface area contributed by atoms with Gasteiger partial charge in [0.2, 0.25) is 5.91 Å². The molecule has 1 unspecified atom stereocenters. The Bertz CT molecular complexity index is 221. The van der Waals surface area contributed by atoms with E-state index in [9.17, 15) is 9.70 Å². The summed E-state index contributed by atoms with van der Waals surface area (Å²) in [5.41, 5.74) is 5.36. The Morgan fingerprint density at radius 1 is 1.40 bits per heavy atom. The van der Waals surface area contributed by atoms with Gasteiger partial charge in [0, 0.05) is 19.5 Å². The summed E-state index contributed by atoms with van der Waals surface area (Å²) in [7, 11) is 0. The quantitative estimate of drug-likeness (QED) is 0.525. The van der Waals surface area contributed by atoms with E-state index in [0.29, 0.717) is 26.1 Å². The molecule has 15 heavy (non-hydrogen) atoms. The Balaban J connectivity index is 2.15. The Morgan fingerprint density at radius 2 is 2.20 bits per heavy atom. The van der Waals surface area contributed by atoms with Crippen LogP contribution < -0.4 is 5.73 Å². The molecule has 2 N–H and O–H groups in total. The van der Waals surface area contributed by atoms with E-state index < -0.39 is 0 Å². The number of likely N-dealkylation sites (tertiary alicyclic amines) is 1. The van der Waals surface area contributed by atoms with Crippen molar-refractivity contribution in [3.63, 3.8) is 0 Å². The van der Waals surface area contributed by atoms with Crippen LogP contribution in [0.2, 0.25) is 0 Å². The molecule has 1 amide bonds. The molecular weight excluding hydrogens is 194 g/mol. The minimum Gasteiger partial charge on any atom is -0.340 e. The highest BCUT2D eigenvalue weighted by molar-refractivity contribution is 5.76. The Kier molecular flexibility index (Phi) is 5.25. The number of rotatable bonds is 6. The third kappa shape index (κ3) is 3.95. The number of hydrogen-bond acceptors (Lipinski definition) is 4. The van der Waals surface area contributed by atoms with Gasteiger partial charge in [-0.2, -0.15) is 4.91 Å². The number of carbonyl (C=O) groups excluding carboxylic acids is 1. The molecule has 0 aromatic carbocycles. The van der Waals surface area contributed by atoms with E-state index in [1.807, 2.05) is 0 Å². The summed E-state index contributed by atoms with van der Waals surface area (Å²) < 4.78 is 0. The summed E-state index contributed by atoms with van der Waals surface area (Å²) in [5.74, 6) is 0.151. The van der Waals surface area contributed by atoms with E-state index in [-0.39, 0.29) is 11.9 Å². The van der Waals surface area contributed by atoms with Crippen LogP contribution in [0.1, 0.15) is 32.1 Å². The van der Waals surface area contributed by atoms with Crippen molar-refractivity contribution >= 4 is 5.91 Å². The second kappa shape index (κ2) is 6.50. The van der Waals surface area contributed by atoms with Crippen molar-refractivity contribution in [2.75, 3.05) is 19.6 Å². The summed E-state index contributed by atoms with van der Waals surface area (Å²) in [6.07, 6.45) is 4.17. The highest BCUT2D eigenvalue weighted by atomic mass is 16.3. The van der Waals surface area contributed by atoms with Crippen LogP contribution >= 0.6 is 0 Å². The van der Waals surface area contributed by atoms with Crippen LogP contribution in [0.3, 0.4) is 0 Å². The second-order valence-corrected chi connectivity index (χ2v) is 3.99. The van der Waals surface area contributed by atoms with Crippen molar-refractivity contribution in [2.45, 2.75) is 38.1 Å². The molecule has 0 saturated carbocycles. The van der Waals surface area contributed by atoms with Gasteiger partial charge in [-0.25, -0.2) is 0 Å². The highest BCUT2D eigenvalue weighted by Gasteiger charge is 2.26. The molecule has 0 aromatic heterocycles. The van der Waals surface area contributed by atoms with Gasteiger partial charge in [-0.15, -0.1) is 0 Å². The van der Waals surface area contributed by atoms with Gasteiger partial charge in [0.1, 0.15) is 6.04 Å². The van der Waals surface area contributed by atoms with Crippen LogP contribution in [0.15, 0.2) is 5.18 Å². The Morgan fingerprint density at radius 3 is 2.80 bits per heavy atom. The predicted octanol–water partition coefficient (Wildman–Crippen LogP) is 0.873. The zero-order chi connectivity index (χ0) is 11.1. The lowest BCUT2D eigenvalue weighted by molar-refractivity contribution is -0.130. The third-order valence-electron chi connectivity index (χ3n) is 2.76. The van der Waals surface area contributed by atoms with E-state index in [1.54, 1.807) is 4.90 Å². The smallest absolute Gasteiger partial charge is 0.222 e. The summed E-state index contributed by atoms with van der Waals surface area (Å²) >= 11 is 0. The second-order valence-electron chi connectivity index (χ2n) is 3.99. The maximum atomic E-state index is 11.6. The first-order valence-corrected chi connectivity index (χ1v) is 5.58. The van der Waals surface area contributed by atoms with Gasteiger partial charge in [-0.3, -0.25) is 4.79 Å². The Labute approximate surface area is 90.0 Å². The number of nitrogens with zero attached hydrogens (tertiary/aromatic N) is 2. The lowest BCUT2D eigenvalue weighted by atomic mass is 10.2. The number of hydrogen-bond donors (Lipinski definition) is 1. The first kappa shape index (κ1) is 12.1. The van der Waals surface area contributed by atoms with Crippen molar-refractivity contribution in [3.05, 3.63) is 4.91 Å². The molecule has 1 fully saturated rings. The highest BCUT2D eigenvalue weighted by Crippen LogP contribution is 2.14. The van der Waals surface area contributed by atoms with Crippen LogP contribution in [-0.2, 0) is 4.79 Å². The van der Waals surface area contributed by atoms with Gasteiger partial charge in [0.15, 0.2) is 0 Å². The lowest BCUT2D eigenvalue weighted by Crippen LogP contribution is -2.28. The van der Waals surface area contributed by atoms with E-state index in [4.69, 9.17) is 5.73 Å². The fourth-order valence-electron chi connectivity index (χ4n) is 1.81. The molecule has 1 atom stereocenters. The fraction of sp³-hybridized carbons (Fsp3) is 0.900. The van der Waals surface area contributed by atoms with Gasteiger partial charge in [0.25, 0.3) is 0 Å². The topological polar surface area (TPSA) is 75.8 Å². The van der Waals surface area contributed by atoms with E-state index in [1.165, 1.54) is 0 Å². The standard InChI is InChI=1S/C10H19N3O2/c11-6-3-1-2-4-10(14)13-7-5-9(8-13)12-15/h9H,1-8,11H2.